The second kappa shape index (κ2) is 7.02. The number of hydrogen-bond donors (Lipinski definition) is 1. The van der Waals surface area contributed by atoms with Gasteiger partial charge in [-0.1, -0.05) is 20.8 Å². The van der Waals surface area contributed by atoms with Crippen LogP contribution in [0.2, 0.25) is 0 Å². The molecule has 0 unspecified atom stereocenters. The molecule has 0 radical (unpaired) electrons. The maximum atomic E-state index is 12.0. The number of anilines is 1. The molecular formula is C15H22N4O2S. The summed E-state index contributed by atoms with van der Waals surface area (Å²) in [5.74, 6) is 0.440. The third kappa shape index (κ3) is 4.64. The van der Waals surface area contributed by atoms with E-state index in [9.17, 15) is 4.79 Å². The van der Waals surface area contributed by atoms with Gasteiger partial charge in [0.25, 0.3) is 0 Å². The molecule has 0 bridgehead atoms. The second-order valence-corrected chi connectivity index (χ2v) is 6.93. The Kier molecular flexibility index (Phi) is 5.31. The maximum Gasteiger partial charge on any atom is 0.231 e. The molecule has 7 heteroatoms. The monoisotopic (exact) mass is 322 g/mol. The van der Waals surface area contributed by atoms with Crippen molar-refractivity contribution >= 4 is 23.1 Å². The smallest absolute Gasteiger partial charge is 0.231 e. The van der Waals surface area contributed by atoms with Crippen LogP contribution in [0.4, 0.5) is 5.82 Å². The van der Waals surface area contributed by atoms with E-state index >= 15 is 0 Å². The Morgan fingerprint density at radius 2 is 2.23 bits per heavy atom. The molecule has 6 nitrogen and oxygen atoms in total. The predicted molar refractivity (Wildman–Crippen MR) is 87.3 cm³/mol. The molecular weight excluding hydrogens is 300 g/mol. The van der Waals surface area contributed by atoms with Crippen LogP contribution in [0.3, 0.4) is 0 Å². The largest absolute Gasteiger partial charge is 0.383 e. The molecule has 0 spiro atoms. The summed E-state index contributed by atoms with van der Waals surface area (Å²) in [5, 5.41) is 10.0. The van der Waals surface area contributed by atoms with Crippen molar-refractivity contribution in [3.8, 4) is 0 Å². The van der Waals surface area contributed by atoms with Crippen LogP contribution < -0.4 is 5.32 Å². The van der Waals surface area contributed by atoms with Crippen LogP contribution in [0.15, 0.2) is 17.6 Å². The van der Waals surface area contributed by atoms with Crippen LogP contribution in [-0.2, 0) is 27.9 Å². The Morgan fingerprint density at radius 3 is 2.86 bits per heavy atom. The molecule has 1 N–H and O–H groups in total. The number of ether oxygens (including phenoxy) is 1. The van der Waals surface area contributed by atoms with E-state index in [1.807, 2.05) is 11.6 Å². The van der Waals surface area contributed by atoms with Gasteiger partial charge in [0, 0.05) is 30.2 Å². The summed E-state index contributed by atoms with van der Waals surface area (Å²) >= 11 is 1.59. The Hall–Kier alpha value is -1.73. The van der Waals surface area contributed by atoms with E-state index in [0.29, 0.717) is 19.0 Å². The number of hydrogen-bond acceptors (Lipinski definition) is 5. The van der Waals surface area contributed by atoms with Gasteiger partial charge >= 0.3 is 0 Å². The number of aromatic nitrogens is 3. The summed E-state index contributed by atoms with van der Waals surface area (Å²) in [6, 6.07) is 1.77. The minimum atomic E-state index is -0.109. The van der Waals surface area contributed by atoms with Gasteiger partial charge < -0.3 is 10.1 Å². The van der Waals surface area contributed by atoms with Crippen molar-refractivity contribution in [1.29, 1.82) is 0 Å². The normalized spacial score (nSPS) is 11.6. The van der Waals surface area contributed by atoms with E-state index in [4.69, 9.17) is 4.74 Å². The van der Waals surface area contributed by atoms with Gasteiger partial charge in [0.1, 0.15) is 0 Å². The van der Waals surface area contributed by atoms with Gasteiger partial charge in [0.05, 0.1) is 30.3 Å². The number of methoxy groups -OCH3 is 1. The van der Waals surface area contributed by atoms with Gasteiger partial charge in [-0.25, -0.2) is 4.98 Å². The predicted octanol–water partition coefficient (Wildman–Crippen LogP) is 2.46. The number of rotatable bonds is 6. The first-order valence-electron chi connectivity index (χ1n) is 7.15. The zero-order valence-corrected chi connectivity index (χ0v) is 14.2. The van der Waals surface area contributed by atoms with Crippen molar-refractivity contribution < 1.29 is 9.53 Å². The zero-order valence-electron chi connectivity index (χ0n) is 13.4. The van der Waals surface area contributed by atoms with Gasteiger partial charge in [0.15, 0.2) is 5.82 Å². The number of thiazole rings is 1. The molecule has 0 aliphatic rings. The molecule has 0 aliphatic heterocycles. The van der Waals surface area contributed by atoms with Crippen molar-refractivity contribution in [1.82, 2.24) is 14.8 Å². The van der Waals surface area contributed by atoms with Crippen LogP contribution in [-0.4, -0.2) is 34.4 Å². The molecule has 0 saturated heterocycles. The van der Waals surface area contributed by atoms with Gasteiger partial charge in [-0.2, -0.15) is 5.10 Å². The van der Waals surface area contributed by atoms with Crippen LogP contribution in [0, 0.1) is 0 Å². The van der Waals surface area contributed by atoms with E-state index in [1.165, 1.54) is 0 Å². The number of amides is 1. The SMILES string of the molecule is COCCn1ccc(NC(=O)Cc2csc(C(C)(C)C)n2)n1. The summed E-state index contributed by atoms with van der Waals surface area (Å²) in [6.45, 7) is 7.59. The molecule has 0 atom stereocenters. The van der Waals surface area contributed by atoms with Crippen molar-refractivity contribution in [3.05, 3.63) is 28.3 Å². The molecule has 2 aromatic rings. The van der Waals surface area contributed by atoms with Crippen molar-refractivity contribution in [2.45, 2.75) is 39.2 Å². The lowest BCUT2D eigenvalue weighted by atomic mass is 9.98. The fourth-order valence-electron chi connectivity index (χ4n) is 1.82. The molecule has 0 saturated carbocycles. The van der Waals surface area contributed by atoms with E-state index in [1.54, 1.807) is 29.2 Å². The lowest BCUT2D eigenvalue weighted by molar-refractivity contribution is -0.115. The van der Waals surface area contributed by atoms with Gasteiger partial charge in [0.2, 0.25) is 5.91 Å². The second-order valence-electron chi connectivity index (χ2n) is 6.08. The van der Waals surface area contributed by atoms with Crippen molar-refractivity contribution in [2.75, 3.05) is 19.0 Å². The van der Waals surface area contributed by atoms with Crippen molar-refractivity contribution in [2.24, 2.45) is 0 Å². The first-order valence-corrected chi connectivity index (χ1v) is 8.03. The molecule has 0 aliphatic carbocycles. The topological polar surface area (TPSA) is 69.0 Å². The highest BCUT2D eigenvalue weighted by Crippen LogP contribution is 2.25. The third-order valence-corrected chi connectivity index (χ3v) is 4.28. The molecule has 22 heavy (non-hydrogen) atoms. The molecule has 0 aromatic carbocycles. The lowest BCUT2D eigenvalue weighted by Gasteiger charge is -2.13. The van der Waals surface area contributed by atoms with E-state index in [0.717, 1.165) is 10.7 Å². The van der Waals surface area contributed by atoms with Gasteiger partial charge in [-0.05, 0) is 0 Å². The van der Waals surface area contributed by atoms with Crippen molar-refractivity contribution in [3.63, 3.8) is 0 Å². The molecule has 2 heterocycles. The maximum absolute atomic E-state index is 12.0. The van der Waals surface area contributed by atoms with Gasteiger partial charge in [-0.15, -0.1) is 11.3 Å². The van der Waals surface area contributed by atoms with Crippen LogP contribution in [0.5, 0.6) is 0 Å². The Labute approximate surface area is 134 Å². The molecule has 120 valence electrons. The summed E-state index contributed by atoms with van der Waals surface area (Å²) in [4.78, 5) is 16.6. The Morgan fingerprint density at radius 1 is 1.45 bits per heavy atom. The number of carbonyl (C=O) groups excluding carboxylic acids is 1. The highest BCUT2D eigenvalue weighted by Gasteiger charge is 2.18. The third-order valence-electron chi connectivity index (χ3n) is 2.97. The lowest BCUT2D eigenvalue weighted by Crippen LogP contribution is -2.16. The quantitative estimate of drug-likeness (QED) is 0.887. The average molecular weight is 322 g/mol. The summed E-state index contributed by atoms with van der Waals surface area (Å²) in [7, 11) is 1.64. The highest BCUT2D eigenvalue weighted by molar-refractivity contribution is 7.09. The molecule has 2 aromatic heterocycles. The standard InChI is InChI=1S/C15H22N4O2S/c1-15(2,3)14-16-11(10-22-14)9-13(20)17-12-5-6-19(18-12)7-8-21-4/h5-6,10H,7-9H2,1-4H3,(H,17,18,20). The van der Waals surface area contributed by atoms with Crippen LogP contribution in [0.25, 0.3) is 0 Å². The van der Waals surface area contributed by atoms with Crippen LogP contribution >= 0.6 is 11.3 Å². The summed E-state index contributed by atoms with van der Waals surface area (Å²) in [6.07, 6.45) is 2.08. The molecule has 2 rings (SSSR count). The minimum absolute atomic E-state index is 0.0134. The summed E-state index contributed by atoms with van der Waals surface area (Å²) in [5.41, 5.74) is 0.811. The fraction of sp³-hybridized carbons (Fsp3) is 0.533. The summed E-state index contributed by atoms with van der Waals surface area (Å²) < 4.78 is 6.73. The minimum Gasteiger partial charge on any atom is -0.383 e. The number of carbonyl (C=O) groups is 1. The highest BCUT2D eigenvalue weighted by atomic mass is 32.1. The first kappa shape index (κ1) is 16.6. The van der Waals surface area contributed by atoms with E-state index < -0.39 is 0 Å². The van der Waals surface area contributed by atoms with E-state index in [-0.39, 0.29) is 17.7 Å². The van der Waals surface area contributed by atoms with Crippen LogP contribution in [0.1, 0.15) is 31.5 Å². The molecule has 1 amide bonds. The van der Waals surface area contributed by atoms with E-state index in [2.05, 4.69) is 36.2 Å². The average Bonchev–Trinajstić information content (AvgIpc) is 3.05. The number of nitrogens with one attached hydrogen (secondary N) is 1. The Bertz CT molecular complexity index is 628. The number of nitrogens with zero attached hydrogens (tertiary/aromatic N) is 3. The molecule has 0 fully saturated rings. The van der Waals surface area contributed by atoms with Gasteiger partial charge in [-0.3, -0.25) is 9.48 Å². The fourth-order valence-corrected chi connectivity index (χ4v) is 2.73. The first-order chi connectivity index (χ1) is 10.4. The zero-order chi connectivity index (χ0) is 16.2. The Balaban J connectivity index is 1.90.